The van der Waals surface area contributed by atoms with Gasteiger partial charge in [0.05, 0.1) is 11.0 Å². The summed E-state index contributed by atoms with van der Waals surface area (Å²) in [6.07, 6.45) is -0.653. The topological polar surface area (TPSA) is 72.6 Å². The van der Waals surface area contributed by atoms with Gasteiger partial charge in [-0.25, -0.2) is 0 Å². The van der Waals surface area contributed by atoms with Crippen LogP contribution in [-0.4, -0.2) is 22.7 Å². The maximum absolute atomic E-state index is 10.8. The number of nitro groups is 1. The van der Waals surface area contributed by atoms with E-state index in [0.29, 0.717) is 0 Å². The minimum Gasteiger partial charge on any atom is -0.484 e. The number of aliphatic hydroxyl groups excluding tert-OH is 1. The Balaban J connectivity index is 3.11. The van der Waals surface area contributed by atoms with E-state index in [2.05, 4.69) is 0 Å². The van der Waals surface area contributed by atoms with E-state index in [0.717, 1.165) is 11.1 Å². The molecule has 0 bridgehead atoms. The van der Waals surface area contributed by atoms with E-state index in [4.69, 9.17) is 9.84 Å². The van der Waals surface area contributed by atoms with Gasteiger partial charge >= 0.3 is 5.69 Å². The van der Waals surface area contributed by atoms with Gasteiger partial charge in [-0.15, -0.1) is 0 Å². The van der Waals surface area contributed by atoms with E-state index < -0.39 is 11.0 Å². The molecule has 16 heavy (non-hydrogen) atoms. The molecule has 0 fully saturated rings. The predicted molar refractivity (Wildman–Crippen MR) is 59.7 cm³/mol. The highest BCUT2D eigenvalue weighted by molar-refractivity contribution is 5.54. The molecule has 5 nitrogen and oxygen atoms in total. The van der Waals surface area contributed by atoms with Gasteiger partial charge in [-0.3, -0.25) is 10.1 Å². The van der Waals surface area contributed by atoms with Crippen molar-refractivity contribution < 1.29 is 14.8 Å². The molecular formula is C11H15NO4. The van der Waals surface area contributed by atoms with Crippen molar-refractivity contribution >= 4 is 5.69 Å². The molecule has 0 saturated carbocycles. The van der Waals surface area contributed by atoms with Gasteiger partial charge in [0, 0.05) is 11.6 Å². The molecule has 0 aliphatic heterocycles. The maximum atomic E-state index is 10.8. The fourth-order valence-corrected chi connectivity index (χ4v) is 1.31. The zero-order valence-corrected chi connectivity index (χ0v) is 9.56. The first-order valence-electron chi connectivity index (χ1n) is 4.99. The lowest BCUT2D eigenvalue weighted by molar-refractivity contribution is -0.386. The van der Waals surface area contributed by atoms with Crippen molar-refractivity contribution in [3.63, 3.8) is 0 Å². The Bertz CT molecular complexity index is 401. The molecule has 0 heterocycles. The Morgan fingerprint density at radius 3 is 2.62 bits per heavy atom. The van der Waals surface area contributed by atoms with Gasteiger partial charge in [-0.05, 0) is 26.3 Å². The fourth-order valence-electron chi connectivity index (χ4n) is 1.31. The summed E-state index contributed by atoms with van der Waals surface area (Å²) >= 11 is 0. The highest BCUT2D eigenvalue weighted by Crippen LogP contribution is 2.32. The molecule has 1 aromatic rings. The number of nitro benzene ring substituents is 1. The first-order chi connectivity index (χ1) is 7.43. The SMILES string of the molecule is Cc1ccc([N+](=O)[O-])c(OC[C@@H](C)O)c1C. The molecule has 1 rings (SSSR count). The van der Waals surface area contributed by atoms with E-state index in [1.54, 1.807) is 19.9 Å². The van der Waals surface area contributed by atoms with Crippen LogP contribution in [0.1, 0.15) is 18.1 Å². The van der Waals surface area contributed by atoms with Crippen LogP contribution in [0.25, 0.3) is 0 Å². The van der Waals surface area contributed by atoms with E-state index in [1.807, 2.05) is 6.92 Å². The summed E-state index contributed by atoms with van der Waals surface area (Å²) in [4.78, 5) is 10.3. The molecule has 1 aromatic carbocycles. The van der Waals surface area contributed by atoms with Crippen LogP contribution in [0.4, 0.5) is 5.69 Å². The molecule has 5 heteroatoms. The van der Waals surface area contributed by atoms with Crippen LogP contribution in [0, 0.1) is 24.0 Å². The van der Waals surface area contributed by atoms with Crippen molar-refractivity contribution in [3.8, 4) is 5.75 Å². The number of nitrogens with zero attached hydrogens (tertiary/aromatic N) is 1. The van der Waals surface area contributed by atoms with Crippen LogP contribution < -0.4 is 4.74 Å². The van der Waals surface area contributed by atoms with E-state index in [9.17, 15) is 10.1 Å². The van der Waals surface area contributed by atoms with Gasteiger partial charge in [0.1, 0.15) is 6.61 Å². The summed E-state index contributed by atoms with van der Waals surface area (Å²) in [5.41, 5.74) is 1.59. The van der Waals surface area contributed by atoms with E-state index >= 15 is 0 Å². The van der Waals surface area contributed by atoms with Crippen molar-refractivity contribution in [1.82, 2.24) is 0 Å². The zero-order chi connectivity index (χ0) is 12.3. The molecular weight excluding hydrogens is 210 g/mol. The summed E-state index contributed by atoms with van der Waals surface area (Å²) in [5, 5.41) is 19.9. The molecule has 0 aromatic heterocycles. The van der Waals surface area contributed by atoms with Gasteiger partial charge < -0.3 is 9.84 Å². The minimum atomic E-state index is -0.653. The van der Waals surface area contributed by atoms with Gasteiger partial charge in [0.2, 0.25) is 0 Å². The van der Waals surface area contributed by atoms with E-state index in [1.165, 1.54) is 6.07 Å². The number of aryl methyl sites for hydroxylation is 1. The zero-order valence-electron chi connectivity index (χ0n) is 9.56. The van der Waals surface area contributed by atoms with Gasteiger partial charge in [-0.1, -0.05) is 6.07 Å². The van der Waals surface area contributed by atoms with Crippen LogP contribution in [0.2, 0.25) is 0 Å². The third kappa shape index (κ3) is 2.70. The summed E-state index contributed by atoms with van der Waals surface area (Å²) in [6, 6.07) is 3.10. The third-order valence-corrected chi connectivity index (χ3v) is 2.32. The second-order valence-electron chi connectivity index (χ2n) is 3.77. The second-order valence-corrected chi connectivity index (χ2v) is 3.77. The number of rotatable bonds is 4. The molecule has 0 aliphatic rings. The van der Waals surface area contributed by atoms with Crippen LogP contribution in [-0.2, 0) is 0 Å². The summed E-state index contributed by atoms with van der Waals surface area (Å²) in [5.74, 6) is 0.242. The smallest absolute Gasteiger partial charge is 0.311 e. The number of aliphatic hydroxyl groups is 1. The molecule has 1 atom stereocenters. The molecule has 0 radical (unpaired) electrons. The maximum Gasteiger partial charge on any atom is 0.311 e. The average Bonchev–Trinajstić information content (AvgIpc) is 2.19. The van der Waals surface area contributed by atoms with Crippen LogP contribution >= 0.6 is 0 Å². The lowest BCUT2D eigenvalue weighted by Crippen LogP contribution is -2.14. The van der Waals surface area contributed by atoms with Crippen molar-refractivity contribution in [3.05, 3.63) is 33.4 Å². The fraction of sp³-hybridized carbons (Fsp3) is 0.455. The number of benzene rings is 1. The van der Waals surface area contributed by atoms with Gasteiger partial charge in [0.15, 0.2) is 5.75 Å². The number of ether oxygens (including phenoxy) is 1. The Labute approximate surface area is 93.8 Å². The first kappa shape index (κ1) is 12.4. The van der Waals surface area contributed by atoms with Crippen LogP contribution in [0.3, 0.4) is 0 Å². The largest absolute Gasteiger partial charge is 0.484 e. The van der Waals surface area contributed by atoms with Crippen LogP contribution in [0.5, 0.6) is 5.75 Å². The highest BCUT2D eigenvalue weighted by Gasteiger charge is 2.19. The Hall–Kier alpha value is -1.62. The number of hydrogen-bond donors (Lipinski definition) is 1. The Morgan fingerprint density at radius 1 is 1.50 bits per heavy atom. The van der Waals surface area contributed by atoms with Crippen molar-refractivity contribution in [1.29, 1.82) is 0 Å². The van der Waals surface area contributed by atoms with E-state index in [-0.39, 0.29) is 18.0 Å². The van der Waals surface area contributed by atoms with Gasteiger partial charge in [-0.2, -0.15) is 0 Å². The third-order valence-electron chi connectivity index (χ3n) is 2.32. The lowest BCUT2D eigenvalue weighted by Gasteiger charge is -2.12. The summed E-state index contributed by atoms with van der Waals surface area (Å²) < 4.78 is 5.28. The summed E-state index contributed by atoms with van der Waals surface area (Å²) in [6.45, 7) is 5.23. The van der Waals surface area contributed by atoms with Gasteiger partial charge in [0.25, 0.3) is 0 Å². The molecule has 0 saturated heterocycles. The summed E-state index contributed by atoms with van der Waals surface area (Å²) in [7, 11) is 0. The van der Waals surface area contributed by atoms with Crippen molar-refractivity contribution in [2.75, 3.05) is 6.61 Å². The number of hydrogen-bond acceptors (Lipinski definition) is 4. The second kappa shape index (κ2) is 4.94. The Kier molecular flexibility index (Phi) is 3.84. The molecule has 0 aliphatic carbocycles. The minimum absolute atomic E-state index is 0.0468. The monoisotopic (exact) mass is 225 g/mol. The highest BCUT2D eigenvalue weighted by atomic mass is 16.6. The van der Waals surface area contributed by atoms with Crippen molar-refractivity contribution in [2.45, 2.75) is 26.9 Å². The lowest BCUT2D eigenvalue weighted by atomic mass is 10.1. The van der Waals surface area contributed by atoms with Crippen molar-refractivity contribution in [2.24, 2.45) is 0 Å². The average molecular weight is 225 g/mol. The first-order valence-corrected chi connectivity index (χ1v) is 4.99. The predicted octanol–water partition coefficient (Wildman–Crippen LogP) is 1.97. The van der Waals surface area contributed by atoms with Crippen LogP contribution in [0.15, 0.2) is 12.1 Å². The molecule has 0 spiro atoms. The Morgan fingerprint density at radius 2 is 2.12 bits per heavy atom. The molecule has 0 amide bonds. The molecule has 88 valence electrons. The normalized spacial score (nSPS) is 12.2. The standard InChI is InChI=1S/C11H15NO4/c1-7-4-5-10(12(14)15)11(9(7)3)16-6-8(2)13/h4-5,8,13H,6H2,1-3H3/t8-/m1/s1. The quantitative estimate of drug-likeness (QED) is 0.628. The molecule has 0 unspecified atom stereocenters. The molecule has 1 N–H and O–H groups in total.